The predicted octanol–water partition coefficient (Wildman–Crippen LogP) is 4.09. The first-order valence-corrected chi connectivity index (χ1v) is 7.01. The number of nitrogens with one attached hydrogen (secondary N) is 2. The first kappa shape index (κ1) is 15.6. The van der Waals surface area contributed by atoms with E-state index >= 15 is 0 Å². The fourth-order valence-electron chi connectivity index (χ4n) is 1.91. The Morgan fingerprint density at radius 2 is 1.90 bits per heavy atom. The zero-order valence-corrected chi connectivity index (χ0v) is 12.8. The molecule has 0 aromatic heterocycles. The van der Waals surface area contributed by atoms with Crippen LogP contribution in [-0.2, 0) is 11.2 Å². The molecule has 0 aliphatic heterocycles. The number of anilines is 2. The third kappa shape index (κ3) is 3.67. The fraction of sp³-hybridized carbons (Fsp3) is 0.133. The quantitative estimate of drug-likeness (QED) is 0.586. The van der Waals surface area contributed by atoms with E-state index in [0.717, 1.165) is 11.1 Å². The van der Waals surface area contributed by atoms with Crippen LogP contribution in [0, 0.1) is 6.92 Å². The summed E-state index contributed by atoms with van der Waals surface area (Å²) in [5.74, 6) is -0.495. The van der Waals surface area contributed by atoms with Crippen LogP contribution < -0.4 is 10.8 Å². The number of hydrogen-bond donors (Lipinski definition) is 3. The van der Waals surface area contributed by atoms with E-state index in [1.807, 2.05) is 31.2 Å². The molecule has 0 saturated heterocycles. The molecular weight excluding hydrogens is 311 g/mol. The summed E-state index contributed by atoms with van der Waals surface area (Å²) in [6, 6.07) is 10.8. The predicted molar refractivity (Wildman–Crippen MR) is 84.6 cm³/mol. The van der Waals surface area contributed by atoms with Crippen molar-refractivity contribution >= 4 is 40.5 Å². The second kappa shape index (κ2) is 6.80. The summed E-state index contributed by atoms with van der Waals surface area (Å²) in [6.45, 7) is 1.88. The molecule has 21 heavy (non-hydrogen) atoms. The molecule has 0 unspecified atom stereocenters. The normalized spacial score (nSPS) is 10.3. The Kier molecular flexibility index (Phi) is 5.07. The highest BCUT2D eigenvalue weighted by Crippen LogP contribution is 2.35. The van der Waals surface area contributed by atoms with Crippen molar-refractivity contribution in [1.82, 2.24) is 5.48 Å². The minimum atomic E-state index is -0.495. The van der Waals surface area contributed by atoms with Crippen molar-refractivity contribution in [3.05, 3.63) is 57.6 Å². The van der Waals surface area contributed by atoms with Crippen LogP contribution in [-0.4, -0.2) is 11.1 Å². The molecule has 0 aliphatic rings. The molecule has 0 radical (unpaired) electrons. The maximum atomic E-state index is 11.3. The highest BCUT2D eigenvalue weighted by Gasteiger charge is 2.12. The molecule has 1 amide bonds. The summed E-state index contributed by atoms with van der Waals surface area (Å²) in [4.78, 5) is 11.3. The van der Waals surface area contributed by atoms with E-state index in [2.05, 4.69) is 5.32 Å². The smallest absolute Gasteiger partial charge is 0.247 e. The molecule has 0 atom stereocenters. The molecule has 2 aromatic carbocycles. The van der Waals surface area contributed by atoms with E-state index < -0.39 is 5.91 Å². The Bertz CT molecular complexity index is 675. The molecule has 0 aliphatic carbocycles. The van der Waals surface area contributed by atoms with Gasteiger partial charge in [0.25, 0.3) is 0 Å². The highest BCUT2D eigenvalue weighted by atomic mass is 35.5. The van der Waals surface area contributed by atoms with E-state index in [1.54, 1.807) is 17.6 Å². The number of aryl methyl sites for hydroxylation is 1. The standard InChI is InChI=1S/C15H14Cl2N2O2/c1-9-6-7-11(16)15(14(9)17)18-12-5-3-2-4-10(12)8-13(20)19-21/h2-7,18,21H,8H2,1H3,(H,19,20). The number of halogens is 2. The number of para-hydroxylation sites is 1. The second-order valence-corrected chi connectivity index (χ2v) is 5.33. The SMILES string of the molecule is Cc1ccc(Cl)c(Nc2ccccc2CC(=O)NO)c1Cl. The molecular formula is C15H14Cl2N2O2. The van der Waals surface area contributed by atoms with Gasteiger partial charge in [-0.3, -0.25) is 10.0 Å². The third-order valence-electron chi connectivity index (χ3n) is 3.04. The topological polar surface area (TPSA) is 61.4 Å². The molecule has 2 rings (SSSR count). The number of hydrogen-bond acceptors (Lipinski definition) is 3. The van der Waals surface area contributed by atoms with Crippen molar-refractivity contribution in [2.75, 3.05) is 5.32 Å². The number of carbonyl (C=O) groups excluding carboxylic acids is 1. The summed E-state index contributed by atoms with van der Waals surface area (Å²) in [6.07, 6.45) is 0.0424. The van der Waals surface area contributed by atoms with Gasteiger partial charge in [0, 0.05) is 5.69 Å². The van der Waals surface area contributed by atoms with Crippen LogP contribution in [0.25, 0.3) is 0 Å². The maximum Gasteiger partial charge on any atom is 0.247 e. The van der Waals surface area contributed by atoms with Gasteiger partial charge < -0.3 is 5.32 Å². The van der Waals surface area contributed by atoms with Gasteiger partial charge in [-0.15, -0.1) is 0 Å². The first-order chi connectivity index (χ1) is 10.0. The van der Waals surface area contributed by atoms with Gasteiger partial charge >= 0.3 is 0 Å². The lowest BCUT2D eigenvalue weighted by Gasteiger charge is -2.15. The molecule has 2 aromatic rings. The Morgan fingerprint density at radius 3 is 2.62 bits per heavy atom. The molecule has 6 heteroatoms. The molecule has 0 spiro atoms. The van der Waals surface area contributed by atoms with Crippen LogP contribution in [0.5, 0.6) is 0 Å². The van der Waals surface area contributed by atoms with Crippen molar-refractivity contribution in [3.8, 4) is 0 Å². The van der Waals surface area contributed by atoms with Gasteiger partial charge in [0.05, 0.1) is 22.2 Å². The van der Waals surface area contributed by atoms with Gasteiger partial charge in [-0.2, -0.15) is 0 Å². The second-order valence-electron chi connectivity index (χ2n) is 4.55. The van der Waals surface area contributed by atoms with Crippen LogP contribution in [0.4, 0.5) is 11.4 Å². The fourth-order valence-corrected chi connectivity index (χ4v) is 2.38. The number of rotatable bonds is 4. The lowest BCUT2D eigenvalue weighted by molar-refractivity contribution is -0.128. The van der Waals surface area contributed by atoms with E-state index in [-0.39, 0.29) is 6.42 Å². The number of hydroxylamine groups is 1. The lowest BCUT2D eigenvalue weighted by Crippen LogP contribution is -2.21. The summed E-state index contributed by atoms with van der Waals surface area (Å²) >= 11 is 12.4. The van der Waals surface area contributed by atoms with Gasteiger partial charge in [0.2, 0.25) is 5.91 Å². The summed E-state index contributed by atoms with van der Waals surface area (Å²) in [5.41, 5.74) is 4.53. The lowest BCUT2D eigenvalue weighted by atomic mass is 10.1. The minimum Gasteiger partial charge on any atom is -0.353 e. The van der Waals surface area contributed by atoms with E-state index in [9.17, 15) is 4.79 Å². The molecule has 0 heterocycles. The molecule has 4 nitrogen and oxygen atoms in total. The van der Waals surface area contributed by atoms with Gasteiger partial charge in [-0.05, 0) is 30.2 Å². The van der Waals surface area contributed by atoms with Crippen LogP contribution in [0.2, 0.25) is 10.0 Å². The minimum absolute atomic E-state index is 0.0424. The van der Waals surface area contributed by atoms with E-state index in [1.165, 1.54) is 0 Å². The summed E-state index contributed by atoms with van der Waals surface area (Å²) in [7, 11) is 0. The van der Waals surface area contributed by atoms with Crippen LogP contribution in [0.1, 0.15) is 11.1 Å². The average Bonchev–Trinajstić information content (AvgIpc) is 2.49. The van der Waals surface area contributed by atoms with Gasteiger partial charge in [0.15, 0.2) is 0 Å². The van der Waals surface area contributed by atoms with Gasteiger partial charge in [0.1, 0.15) is 0 Å². The van der Waals surface area contributed by atoms with Crippen molar-refractivity contribution in [3.63, 3.8) is 0 Å². The Hall–Kier alpha value is -1.75. The Balaban J connectivity index is 2.36. The average molecular weight is 325 g/mol. The van der Waals surface area contributed by atoms with E-state index in [0.29, 0.717) is 21.4 Å². The van der Waals surface area contributed by atoms with Crippen LogP contribution in [0.15, 0.2) is 36.4 Å². The zero-order valence-electron chi connectivity index (χ0n) is 11.3. The number of carbonyl (C=O) groups is 1. The molecule has 0 fully saturated rings. The highest BCUT2D eigenvalue weighted by molar-refractivity contribution is 6.39. The van der Waals surface area contributed by atoms with Crippen molar-refractivity contribution < 1.29 is 10.0 Å². The summed E-state index contributed by atoms with van der Waals surface area (Å²) in [5, 5.41) is 12.8. The Labute approximate surface area is 132 Å². The molecule has 3 N–H and O–H groups in total. The Morgan fingerprint density at radius 1 is 1.19 bits per heavy atom. The van der Waals surface area contributed by atoms with Crippen LogP contribution >= 0.6 is 23.2 Å². The summed E-state index contributed by atoms with van der Waals surface area (Å²) < 4.78 is 0. The number of benzene rings is 2. The monoisotopic (exact) mass is 324 g/mol. The van der Waals surface area contributed by atoms with Gasteiger partial charge in [-0.25, -0.2) is 5.48 Å². The van der Waals surface area contributed by atoms with Crippen molar-refractivity contribution in [2.45, 2.75) is 13.3 Å². The van der Waals surface area contributed by atoms with Crippen LogP contribution in [0.3, 0.4) is 0 Å². The molecule has 0 bridgehead atoms. The van der Waals surface area contributed by atoms with Gasteiger partial charge in [-0.1, -0.05) is 47.5 Å². The first-order valence-electron chi connectivity index (χ1n) is 6.25. The van der Waals surface area contributed by atoms with Crippen molar-refractivity contribution in [1.29, 1.82) is 0 Å². The number of amides is 1. The molecule has 0 saturated carbocycles. The molecule has 110 valence electrons. The third-order valence-corrected chi connectivity index (χ3v) is 3.84. The largest absolute Gasteiger partial charge is 0.353 e. The van der Waals surface area contributed by atoms with Crippen molar-refractivity contribution in [2.24, 2.45) is 0 Å². The maximum absolute atomic E-state index is 11.3. The van der Waals surface area contributed by atoms with E-state index in [4.69, 9.17) is 28.4 Å². The zero-order chi connectivity index (χ0) is 15.4.